The lowest BCUT2D eigenvalue weighted by Gasteiger charge is -2.05. The van der Waals surface area contributed by atoms with E-state index >= 15 is 0 Å². The van der Waals surface area contributed by atoms with Gasteiger partial charge in [0, 0.05) is 17.2 Å². The summed E-state index contributed by atoms with van der Waals surface area (Å²) in [5.41, 5.74) is -0.297. The quantitative estimate of drug-likeness (QED) is 0.674. The van der Waals surface area contributed by atoms with Gasteiger partial charge in [-0.1, -0.05) is 0 Å². The van der Waals surface area contributed by atoms with E-state index in [4.69, 9.17) is 28.3 Å². The molecule has 10 heavy (non-hydrogen) atoms. The van der Waals surface area contributed by atoms with Crippen molar-refractivity contribution in [3.05, 3.63) is 0 Å². The van der Waals surface area contributed by atoms with Crippen LogP contribution in [0.25, 0.3) is 0 Å². The second-order valence-electron chi connectivity index (χ2n) is 2.72. The van der Waals surface area contributed by atoms with Crippen molar-refractivity contribution in [2.45, 2.75) is 6.42 Å². The Morgan fingerprint density at radius 1 is 1.60 bits per heavy atom. The van der Waals surface area contributed by atoms with Crippen molar-refractivity contribution in [1.82, 2.24) is 0 Å². The molecule has 0 bridgehead atoms. The van der Waals surface area contributed by atoms with Crippen molar-refractivity contribution >= 4 is 29.2 Å². The van der Waals surface area contributed by atoms with E-state index in [9.17, 15) is 4.79 Å². The largest absolute Gasteiger partial charge is 0.481 e. The van der Waals surface area contributed by atoms with Gasteiger partial charge in [0.1, 0.15) is 0 Å². The number of aliphatic carboxylic acids is 1. The third kappa shape index (κ3) is 1.10. The highest BCUT2D eigenvalue weighted by atomic mass is 35.5. The molecule has 0 saturated heterocycles. The maximum atomic E-state index is 10.4. The van der Waals surface area contributed by atoms with Crippen LogP contribution in [0.4, 0.5) is 0 Å². The van der Waals surface area contributed by atoms with Crippen LogP contribution in [0.2, 0.25) is 0 Å². The fraction of sp³-hybridized carbons (Fsp3) is 0.833. The normalized spacial score (nSPS) is 28.0. The van der Waals surface area contributed by atoms with E-state index in [0.717, 1.165) is 0 Å². The molecule has 1 atom stereocenters. The fourth-order valence-electron chi connectivity index (χ4n) is 1.03. The lowest BCUT2D eigenvalue weighted by atomic mass is 10.1. The van der Waals surface area contributed by atoms with Crippen molar-refractivity contribution in [2.75, 3.05) is 11.8 Å². The Morgan fingerprint density at radius 3 is 2.20 bits per heavy atom. The minimum absolute atomic E-state index is 0.297. The zero-order valence-electron chi connectivity index (χ0n) is 5.31. The first-order chi connectivity index (χ1) is 4.66. The van der Waals surface area contributed by atoms with Crippen molar-refractivity contribution in [3.63, 3.8) is 0 Å². The maximum Gasteiger partial charge on any atom is 0.307 e. The van der Waals surface area contributed by atoms with E-state index in [-0.39, 0.29) is 11.3 Å². The number of alkyl halides is 2. The lowest BCUT2D eigenvalue weighted by Crippen LogP contribution is -2.13. The number of hydrogen-bond acceptors (Lipinski definition) is 1. The number of rotatable bonds is 3. The molecule has 0 amide bonds. The van der Waals surface area contributed by atoms with E-state index in [0.29, 0.717) is 18.2 Å². The van der Waals surface area contributed by atoms with Crippen LogP contribution in [0.5, 0.6) is 0 Å². The highest BCUT2D eigenvalue weighted by Gasteiger charge is 2.57. The standard InChI is InChI=1S/C6H8Cl2O2/c7-2-6(3-8)1-4(6)5(9)10/h4H,1-3H2,(H,9,10)/t4-/m1/s1. The van der Waals surface area contributed by atoms with E-state index in [1.54, 1.807) is 0 Å². The summed E-state index contributed by atoms with van der Waals surface area (Å²) in [5, 5.41) is 8.53. The van der Waals surface area contributed by atoms with Gasteiger partial charge in [-0.15, -0.1) is 23.2 Å². The molecule has 58 valence electrons. The monoisotopic (exact) mass is 182 g/mol. The topological polar surface area (TPSA) is 37.3 Å². The molecule has 1 saturated carbocycles. The zero-order valence-corrected chi connectivity index (χ0v) is 6.82. The molecule has 1 fully saturated rings. The van der Waals surface area contributed by atoms with Gasteiger partial charge in [-0.25, -0.2) is 0 Å². The Labute approximate surface area is 69.1 Å². The SMILES string of the molecule is O=C(O)[C@H]1CC1(CCl)CCl. The average molecular weight is 183 g/mol. The number of carboxylic acids is 1. The highest BCUT2D eigenvalue weighted by Crippen LogP contribution is 2.54. The Balaban J connectivity index is 2.53. The minimum Gasteiger partial charge on any atom is -0.481 e. The molecule has 0 radical (unpaired) electrons. The van der Waals surface area contributed by atoms with Crippen molar-refractivity contribution < 1.29 is 9.90 Å². The predicted octanol–water partition coefficient (Wildman–Crippen LogP) is 1.55. The van der Waals surface area contributed by atoms with Crippen LogP contribution in [0.15, 0.2) is 0 Å². The molecule has 0 aliphatic heterocycles. The molecule has 0 unspecified atom stereocenters. The third-order valence-corrected chi connectivity index (χ3v) is 3.08. The molecule has 1 rings (SSSR count). The van der Waals surface area contributed by atoms with Crippen molar-refractivity contribution in [2.24, 2.45) is 11.3 Å². The summed E-state index contributed by atoms with van der Waals surface area (Å²) in [6.45, 7) is 0. The first-order valence-electron chi connectivity index (χ1n) is 3.01. The molecule has 2 nitrogen and oxygen atoms in total. The van der Waals surface area contributed by atoms with Crippen LogP contribution in [-0.2, 0) is 4.79 Å². The van der Waals surface area contributed by atoms with Gasteiger partial charge in [0.2, 0.25) is 0 Å². The van der Waals surface area contributed by atoms with Crippen LogP contribution >= 0.6 is 23.2 Å². The second kappa shape index (κ2) is 2.59. The van der Waals surface area contributed by atoms with Gasteiger partial charge in [0.25, 0.3) is 0 Å². The lowest BCUT2D eigenvalue weighted by molar-refractivity contribution is -0.139. The number of hydrogen-bond donors (Lipinski definition) is 1. The average Bonchev–Trinajstić information content (AvgIpc) is 2.63. The molecule has 1 N–H and O–H groups in total. The molecule has 0 spiro atoms. The third-order valence-electron chi connectivity index (χ3n) is 2.02. The Hall–Kier alpha value is 0.0500. The first-order valence-corrected chi connectivity index (χ1v) is 4.08. The van der Waals surface area contributed by atoms with Gasteiger partial charge >= 0.3 is 5.97 Å². The van der Waals surface area contributed by atoms with Gasteiger partial charge in [0.05, 0.1) is 5.92 Å². The van der Waals surface area contributed by atoms with Gasteiger partial charge < -0.3 is 5.11 Å². The Morgan fingerprint density at radius 2 is 2.10 bits per heavy atom. The summed E-state index contributed by atoms with van der Waals surface area (Å²) in [6, 6.07) is 0. The zero-order chi connectivity index (χ0) is 7.78. The Bertz CT molecular complexity index is 154. The number of carbonyl (C=O) groups is 1. The van der Waals surface area contributed by atoms with E-state index in [2.05, 4.69) is 0 Å². The first kappa shape index (κ1) is 8.15. The Kier molecular flexibility index (Phi) is 2.11. The van der Waals surface area contributed by atoms with Crippen molar-refractivity contribution in [3.8, 4) is 0 Å². The predicted molar refractivity (Wildman–Crippen MR) is 39.6 cm³/mol. The van der Waals surface area contributed by atoms with Crippen LogP contribution in [0.1, 0.15) is 6.42 Å². The highest BCUT2D eigenvalue weighted by molar-refractivity contribution is 6.22. The summed E-state index contributed by atoms with van der Waals surface area (Å²) in [5.74, 6) is -0.371. The summed E-state index contributed by atoms with van der Waals surface area (Å²) >= 11 is 11.1. The summed E-state index contributed by atoms with van der Waals surface area (Å²) in [6.07, 6.45) is 0.634. The fourth-order valence-corrected chi connectivity index (χ4v) is 1.90. The molecular formula is C6H8Cl2O2. The summed E-state index contributed by atoms with van der Waals surface area (Å²) < 4.78 is 0. The molecule has 0 aromatic carbocycles. The van der Waals surface area contributed by atoms with E-state index < -0.39 is 5.97 Å². The molecule has 1 aliphatic carbocycles. The van der Waals surface area contributed by atoms with Gasteiger partial charge in [-0.2, -0.15) is 0 Å². The van der Waals surface area contributed by atoms with Gasteiger partial charge in [0.15, 0.2) is 0 Å². The molecule has 4 heteroatoms. The van der Waals surface area contributed by atoms with Crippen LogP contribution in [0, 0.1) is 11.3 Å². The maximum absolute atomic E-state index is 10.4. The molecule has 0 aromatic heterocycles. The molecule has 1 aliphatic rings. The van der Waals surface area contributed by atoms with Crippen LogP contribution < -0.4 is 0 Å². The number of halogens is 2. The summed E-state index contributed by atoms with van der Waals surface area (Å²) in [4.78, 5) is 10.4. The molecule has 0 heterocycles. The van der Waals surface area contributed by atoms with Crippen LogP contribution in [0.3, 0.4) is 0 Å². The van der Waals surface area contributed by atoms with Crippen LogP contribution in [-0.4, -0.2) is 22.8 Å². The number of carboxylic acid groups (broad SMARTS) is 1. The van der Waals surface area contributed by atoms with Gasteiger partial charge in [-0.3, -0.25) is 4.79 Å². The van der Waals surface area contributed by atoms with Crippen molar-refractivity contribution in [1.29, 1.82) is 0 Å². The van der Waals surface area contributed by atoms with Gasteiger partial charge in [-0.05, 0) is 6.42 Å². The smallest absolute Gasteiger partial charge is 0.307 e. The molecule has 0 aromatic rings. The summed E-state index contributed by atoms with van der Waals surface area (Å²) in [7, 11) is 0. The second-order valence-corrected chi connectivity index (χ2v) is 3.26. The molecular weight excluding hydrogens is 175 g/mol. The van der Waals surface area contributed by atoms with E-state index in [1.807, 2.05) is 0 Å². The van der Waals surface area contributed by atoms with E-state index in [1.165, 1.54) is 0 Å². The minimum atomic E-state index is -0.777.